The topological polar surface area (TPSA) is 83.6 Å². The molecule has 0 radical (unpaired) electrons. The van der Waals surface area contributed by atoms with Crippen LogP contribution in [0.2, 0.25) is 5.02 Å². The number of carbonyl (C=O) groups is 2. The lowest BCUT2D eigenvalue weighted by atomic mass is 10.1. The third kappa shape index (κ3) is 2.47. The molecule has 1 aliphatic rings. The first kappa shape index (κ1) is 12.9. The molecular weight excluding hydrogens is 256 g/mol. The van der Waals surface area contributed by atoms with Crippen molar-refractivity contribution in [2.75, 3.05) is 6.54 Å². The van der Waals surface area contributed by atoms with Crippen molar-refractivity contribution in [1.82, 2.24) is 4.90 Å². The Morgan fingerprint density at radius 2 is 2.28 bits per heavy atom. The van der Waals surface area contributed by atoms with Crippen molar-refractivity contribution in [2.45, 2.75) is 18.5 Å². The van der Waals surface area contributed by atoms with E-state index in [0.717, 1.165) is 0 Å². The average Bonchev–Trinajstić information content (AvgIpc) is 2.58. The lowest BCUT2D eigenvalue weighted by Crippen LogP contribution is -2.36. The minimum absolute atomic E-state index is 0.185. The molecule has 96 valence electrons. The number of nitrogens with two attached hydrogens (primary N) is 1. The highest BCUT2D eigenvalue weighted by Crippen LogP contribution is 2.27. The predicted octanol–water partition coefficient (Wildman–Crippen LogP) is 1.03. The van der Waals surface area contributed by atoms with Crippen molar-refractivity contribution in [2.24, 2.45) is 5.73 Å². The van der Waals surface area contributed by atoms with Gasteiger partial charge in [0.25, 0.3) is 0 Å². The van der Waals surface area contributed by atoms with Gasteiger partial charge < -0.3 is 15.7 Å². The molecule has 3 N–H and O–H groups in total. The van der Waals surface area contributed by atoms with E-state index in [1.54, 1.807) is 24.3 Å². The summed E-state index contributed by atoms with van der Waals surface area (Å²) in [5.74, 6) is -1.32. The molecule has 5 nitrogen and oxygen atoms in total. The fourth-order valence-corrected chi connectivity index (χ4v) is 2.34. The predicted molar refractivity (Wildman–Crippen MR) is 66.1 cm³/mol. The van der Waals surface area contributed by atoms with E-state index in [4.69, 9.17) is 17.3 Å². The van der Waals surface area contributed by atoms with E-state index >= 15 is 0 Å². The minimum Gasteiger partial charge on any atom is -0.479 e. The monoisotopic (exact) mass is 268 g/mol. The molecule has 2 unspecified atom stereocenters. The van der Waals surface area contributed by atoms with Crippen LogP contribution in [-0.4, -0.2) is 34.5 Å². The lowest BCUT2D eigenvalue weighted by Gasteiger charge is -2.24. The smallest absolute Gasteiger partial charge is 0.331 e. The number of aliphatic carboxylic acids is 1. The Hall–Kier alpha value is -1.59. The number of nitrogens with zero attached hydrogens (tertiary/aromatic N) is 1. The van der Waals surface area contributed by atoms with Gasteiger partial charge in [0.2, 0.25) is 5.91 Å². The van der Waals surface area contributed by atoms with Crippen molar-refractivity contribution in [3.63, 3.8) is 0 Å². The number of halogens is 1. The molecule has 0 spiro atoms. The summed E-state index contributed by atoms with van der Waals surface area (Å²) in [5.41, 5.74) is 6.16. The Balaban J connectivity index is 2.35. The summed E-state index contributed by atoms with van der Waals surface area (Å²) in [6.07, 6.45) is 0.185. The third-order valence-corrected chi connectivity index (χ3v) is 3.13. The average molecular weight is 269 g/mol. The molecule has 0 aromatic heterocycles. The van der Waals surface area contributed by atoms with E-state index in [0.29, 0.717) is 10.6 Å². The molecule has 2 atom stereocenters. The molecule has 1 aromatic carbocycles. The van der Waals surface area contributed by atoms with Crippen LogP contribution in [0, 0.1) is 0 Å². The molecular formula is C12H13ClN2O3. The van der Waals surface area contributed by atoms with Crippen molar-refractivity contribution in [3.8, 4) is 0 Å². The maximum absolute atomic E-state index is 11.7. The second-order valence-electron chi connectivity index (χ2n) is 4.31. The Bertz CT molecular complexity index is 492. The second kappa shape index (κ2) is 4.96. The van der Waals surface area contributed by atoms with E-state index in [1.807, 2.05) is 0 Å². The van der Waals surface area contributed by atoms with Crippen molar-refractivity contribution in [1.29, 1.82) is 0 Å². The molecule has 0 bridgehead atoms. The Kier molecular flexibility index (Phi) is 3.54. The van der Waals surface area contributed by atoms with Gasteiger partial charge >= 0.3 is 5.97 Å². The van der Waals surface area contributed by atoms with E-state index in [-0.39, 0.29) is 24.9 Å². The summed E-state index contributed by atoms with van der Waals surface area (Å²) in [6, 6.07) is 5.18. The molecule has 1 amide bonds. The molecule has 2 rings (SSSR count). The molecule has 1 heterocycles. The molecule has 1 fully saturated rings. The lowest BCUT2D eigenvalue weighted by molar-refractivity contribution is -0.148. The van der Waals surface area contributed by atoms with Crippen molar-refractivity contribution < 1.29 is 14.7 Å². The number of carboxylic acids is 1. The first-order valence-corrected chi connectivity index (χ1v) is 5.90. The van der Waals surface area contributed by atoms with E-state index in [9.17, 15) is 14.7 Å². The highest BCUT2D eigenvalue weighted by molar-refractivity contribution is 6.30. The quantitative estimate of drug-likeness (QED) is 0.857. The van der Waals surface area contributed by atoms with Crippen LogP contribution in [0.25, 0.3) is 0 Å². The van der Waals surface area contributed by atoms with E-state index in [1.165, 1.54) is 4.90 Å². The first-order valence-electron chi connectivity index (χ1n) is 5.52. The zero-order valence-electron chi connectivity index (χ0n) is 9.54. The Labute approximate surface area is 109 Å². The van der Waals surface area contributed by atoms with Gasteiger partial charge in [0.05, 0.1) is 0 Å². The molecule has 1 aromatic rings. The summed E-state index contributed by atoms with van der Waals surface area (Å²) < 4.78 is 0. The van der Waals surface area contributed by atoms with Crippen LogP contribution in [0.15, 0.2) is 24.3 Å². The Morgan fingerprint density at radius 1 is 1.56 bits per heavy atom. The van der Waals surface area contributed by atoms with Gasteiger partial charge in [-0.25, -0.2) is 4.79 Å². The van der Waals surface area contributed by atoms with Gasteiger partial charge in [0.1, 0.15) is 0 Å². The van der Waals surface area contributed by atoms with Crippen LogP contribution in [0.3, 0.4) is 0 Å². The molecule has 1 saturated heterocycles. The van der Waals surface area contributed by atoms with Crippen LogP contribution < -0.4 is 5.73 Å². The SMILES string of the molecule is NC1CC(=O)N(C(C(=O)O)c2cccc(Cl)c2)C1. The number of carboxylic acid groups (broad SMARTS) is 1. The van der Waals surface area contributed by atoms with Gasteiger partial charge in [-0.15, -0.1) is 0 Å². The summed E-state index contributed by atoms with van der Waals surface area (Å²) in [4.78, 5) is 24.4. The first-order chi connectivity index (χ1) is 8.49. The summed E-state index contributed by atoms with van der Waals surface area (Å²) in [6.45, 7) is 0.252. The van der Waals surface area contributed by atoms with Crippen LogP contribution in [0.1, 0.15) is 18.0 Å². The number of carbonyl (C=O) groups excluding carboxylic acids is 1. The van der Waals surface area contributed by atoms with E-state index < -0.39 is 12.0 Å². The third-order valence-electron chi connectivity index (χ3n) is 2.90. The zero-order chi connectivity index (χ0) is 13.3. The molecule has 18 heavy (non-hydrogen) atoms. The van der Waals surface area contributed by atoms with Crippen LogP contribution in [0.4, 0.5) is 0 Å². The summed E-state index contributed by atoms with van der Waals surface area (Å²) >= 11 is 5.84. The van der Waals surface area contributed by atoms with Gasteiger partial charge in [-0.1, -0.05) is 23.7 Å². The van der Waals surface area contributed by atoms with Gasteiger partial charge in [0.15, 0.2) is 6.04 Å². The summed E-state index contributed by atoms with van der Waals surface area (Å²) in [5, 5.41) is 9.74. The fraction of sp³-hybridized carbons (Fsp3) is 0.333. The van der Waals surface area contributed by atoms with Gasteiger partial charge in [-0.05, 0) is 17.7 Å². The normalized spacial score (nSPS) is 21.1. The summed E-state index contributed by atoms with van der Waals surface area (Å²) in [7, 11) is 0. The number of benzene rings is 1. The standard InChI is InChI=1S/C12H13ClN2O3/c13-8-3-1-2-7(4-8)11(12(17)18)15-6-9(14)5-10(15)16/h1-4,9,11H,5-6,14H2,(H,17,18). The highest BCUT2D eigenvalue weighted by atomic mass is 35.5. The van der Waals surface area contributed by atoms with Gasteiger partial charge in [0, 0.05) is 24.0 Å². The largest absolute Gasteiger partial charge is 0.479 e. The number of hydrogen-bond acceptors (Lipinski definition) is 3. The minimum atomic E-state index is -1.08. The van der Waals surface area contributed by atoms with Crippen LogP contribution in [-0.2, 0) is 9.59 Å². The molecule has 0 aliphatic carbocycles. The van der Waals surface area contributed by atoms with Crippen LogP contribution in [0.5, 0.6) is 0 Å². The van der Waals surface area contributed by atoms with E-state index in [2.05, 4.69) is 0 Å². The maximum Gasteiger partial charge on any atom is 0.331 e. The van der Waals surface area contributed by atoms with Crippen molar-refractivity contribution >= 4 is 23.5 Å². The van der Waals surface area contributed by atoms with Gasteiger partial charge in [-0.2, -0.15) is 0 Å². The van der Waals surface area contributed by atoms with Crippen molar-refractivity contribution in [3.05, 3.63) is 34.9 Å². The molecule has 1 aliphatic heterocycles. The second-order valence-corrected chi connectivity index (χ2v) is 4.74. The number of hydrogen-bond donors (Lipinski definition) is 2. The number of amides is 1. The zero-order valence-corrected chi connectivity index (χ0v) is 10.3. The fourth-order valence-electron chi connectivity index (χ4n) is 2.14. The number of likely N-dealkylation sites (tertiary alicyclic amines) is 1. The van der Waals surface area contributed by atoms with Gasteiger partial charge in [-0.3, -0.25) is 4.79 Å². The number of rotatable bonds is 3. The highest BCUT2D eigenvalue weighted by Gasteiger charge is 2.37. The Morgan fingerprint density at radius 3 is 2.78 bits per heavy atom. The molecule has 6 heteroatoms. The molecule has 0 saturated carbocycles. The maximum atomic E-state index is 11.7. The van der Waals surface area contributed by atoms with Crippen LogP contribution >= 0.6 is 11.6 Å².